The van der Waals surface area contributed by atoms with E-state index in [1.165, 1.54) is 32.1 Å². The molecule has 1 unspecified atom stereocenters. The summed E-state index contributed by atoms with van der Waals surface area (Å²) in [5, 5.41) is 3.50. The molecule has 5 nitrogen and oxygen atoms in total. The first-order valence-electron chi connectivity index (χ1n) is 7.39. The molecule has 1 N–H and O–H groups in total. The number of halogens is 1. The Morgan fingerprint density at radius 3 is 2.45 bits per heavy atom. The lowest BCUT2D eigenvalue weighted by atomic mass is 9.85. The van der Waals surface area contributed by atoms with Gasteiger partial charge in [0.1, 0.15) is 0 Å². The van der Waals surface area contributed by atoms with E-state index in [1.54, 1.807) is 0 Å². The van der Waals surface area contributed by atoms with Crippen molar-refractivity contribution in [1.82, 2.24) is 15.0 Å². The molecule has 112 valence electrons. The van der Waals surface area contributed by atoms with Crippen LogP contribution in [0.1, 0.15) is 52.9 Å². The minimum absolute atomic E-state index is 0.0112. The highest BCUT2D eigenvalue weighted by Crippen LogP contribution is 2.27. The lowest BCUT2D eigenvalue weighted by molar-refractivity contribution is 0.221. The third kappa shape index (κ3) is 4.47. The largest absolute Gasteiger partial charge is 0.461 e. The third-order valence-corrected chi connectivity index (χ3v) is 3.81. The van der Waals surface area contributed by atoms with Crippen LogP contribution in [0.2, 0.25) is 5.28 Å². The molecule has 1 aromatic heterocycles. The Labute approximate surface area is 125 Å². The summed E-state index contributed by atoms with van der Waals surface area (Å²) in [7, 11) is 0. The molecule has 1 atom stereocenters. The predicted molar refractivity (Wildman–Crippen MR) is 80.3 cm³/mol. The minimum Gasteiger partial charge on any atom is -0.461 e. The summed E-state index contributed by atoms with van der Waals surface area (Å²) in [5.74, 6) is 1.17. The van der Waals surface area contributed by atoms with Crippen molar-refractivity contribution in [2.45, 2.75) is 65.0 Å². The highest BCUT2D eigenvalue weighted by atomic mass is 35.5. The SMILES string of the molecule is CC(C)Oc1nc(Cl)nc(NC(C)C2CCCCC2)n1. The van der Waals surface area contributed by atoms with E-state index < -0.39 is 0 Å². The zero-order valence-corrected chi connectivity index (χ0v) is 13.2. The molecule has 0 spiro atoms. The average molecular weight is 299 g/mol. The van der Waals surface area contributed by atoms with Gasteiger partial charge in [0.25, 0.3) is 0 Å². The topological polar surface area (TPSA) is 59.9 Å². The highest BCUT2D eigenvalue weighted by Gasteiger charge is 2.21. The monoisotopic (exact) mass is 298 g/mol. The molecule has 0 aliphatic heterocycles. The van der Waals surface area contributed by atoms with E-state index in [9.17, 15) is 0 Å². The van der Waals surface area contributed by atoms with Crippen LogP contribution in [-0.4, -0.2) is 27.1 Å². The normalized spacial score (nSPS) is 18.1. The van der Waals surface area contributed by atoms with Crippen molar-refractivity contribution in [3.05, 3.63) is 5.28 Å². The maximum Gasteiger partial charge on any atom is 0.322 e. The van der Waals surface area contributed by atoms with Gasteiger partial charge in [0, 0.05) is 6.04 Å². The van der Waals surface area contributed by atoms with Crippen LogP contribution in [0.3, 0.4) is 0 Å². The standard InChI is InChI=1S/C14H23ClN4O/c1-9(2)20-14-18-12(15)17-13(19-14)16-10(3)11-7-5-4-6-8-11/h9-11H,4-8H2,1-3H3,(H,16,17,18,19). The average Bonchev–Trinajstić information content (AvgIpc) is 2.38. The second-order valence-corrected chi connectivity index (χ2v) is 6.05. The number of hydrogen-bond donors (Lipinski definition) is 1. The van der Waals surface area contributed by atoms with E-state index >= 15 is 0 Å². The Hall–Kier alpha value is -1.10. The summed E-state index contributed by atoms with van der Waals surface area (Å²) in [4.78, 5) is 12.4. The molecular formula is C14H23ClN4O. The molecule has 1 aliphatic carbocycles. The molecule has 0 amide bonds. The Morgan fingerprint density at radius 1 is 1.10 bits per heavy atom. The fourth-order valence-corrected chi connectivity index (χ4v) is 2.77. The van der Waals surface area contributed by atoms with Crippen molar-refractivity contribution in [3.63, 3.8) is 0 Å². The molecule has 6 heteroatoms. The first-order valence-corrected chi connectivity index (χ1v) is 7.77. The number of hydrogen-bond acceptors (Lipinski definition) is 5. The van der Waals surface area contributed by atoms with Crippen LogP contribution in [0.15, 0.2) is 0 Å². The van der Waals surface area contributed by atoms with Gasteiger partial charge in [0.2, 0.25) is 11.2 Å². The zero-order chi connectivity index (χ0) is 14.5. The summed E-state index contributed by atoms with van der Waals surface area (Å²) in [5.41, 5.74) is 0. The fraction of sp³-hybridized carbons (Fsp3) is 0.786. The second-order valence-electron chi connectivity index (χ2n) is 5.71. The van der Waals surface area contributed by atoms with Gasteiger partial charge in [0.15, 0.2) is 0 Å². The minimum atomic E-state index is 0.0112. The first kappa shape index (κ1) is 15.3. The van der Waals surface area contributed by atoms with E-state index in [2.05, 4.69) is 27.2 Å². The summed E-state index contributed by atoms with van der Waals surface area (Å²) >= 11 is 5.92. The molecule has 0 bridgehead atoms. The fourth-order valence-electron chi connectivity index (χ4n) is 2.62. The molecule has 0 aromatic carbocycles. The number of nitrogens with one attached hydrogen (secondary N) is 1. The van der Waals surface area contributed by atoms with E-state index in [0.29, 0.717) is 17.9 Å². The Kier molecular flexibility index (Phi) is 5.40. The van der Waals surface area contributed by atoms with E-state index in [0.717, 1.165) is 0 Å². The third-order valence-electron chi connectivity index (χ3n) is 3.64. The molecule has 1 heterocycles. The number of anilines is 1. The van der Waals surface area contributed by atoms with Crippen molar-refractivity contribution < 1.29 is 4.74 Å². The Bertz CT molecular complexity index is 435. The lowest BCUT2D eigenvalue weighted by Gasteiger charge is -2.28. The number of rotatable bonds is 5. The van der Waals surface area contributed by atoms with Crippen LogP contribution >= 0.6 is 11.6 Å². The van der Waals surface area contributed by atoms with Crippen LogP contribution in [0.5, 0.6) is 6.01 Å². The van der Waals surface area contributed by atoms with Crippen molar-refractivity contribution in [2.24, 2.45) is 5.92 Å². The van der Waals surface area contributed by atoms with Crippen LogP contribution in [0.4, 0.5) is 5.95 Å². The van der Waals surface area contributed by atoms with Crippen molar-refractivity contribution in [1.29, 1.82) is 0 Å². The Balaban J connectivity index is 2.02. The van der Waals surface area contributed by atoms with Crippen LogP contribution < -0.4 is 10.1 Å². The molecule has 20 heavy (non-hydrogen) atoms. The summed E-state index contributed by atoms with van der Waals surface area (Å²) in [6.45, 7) is 6.03. The van der Waals surface area contributed by atoms with E-state index in [-0.39, 0.29) is 17.4 Å². The van der Waals surface area contributed by atoms with Gasteiger partial charge in [-0.25, -0.2) is 0 Å². The Morgan fingerprint density at radius 2 is 1.80 bits per heavy atom. The maximum atomic E-state index is 5.92. The van der Waals surface area contributed by atoms with Gasteiger partial charge in [-0.3, -0.25) is 0 Å². The quantitative estimate of drug-likeness (QED) is 0.898. The summed E-state index contributed by atoms with van der Waals surface area (Å²) in [6.07, 6.45) is 6.53. The predicted octanol–water partition coefficient (Wildman–Crippen LogP) is 3.69. The van der Waals surface area contributed by atoms with Crippen LogP contribution in [-0.2, 0) is 0 Å². The number of aromatic nitrogens is 3. The molecule has 1 aromatic rings. The van der Waals surface area contributed by atoms with Crippen molar-refractivity contribution in [3.8, 4) is 6.01 Å². The molecule has 0 saturated heterocycles. The summed E-state index contributed by atoms with van der Waals surface area (Å²) in [6, 6.07) is 0.610. The lowest BCUT2D eigenvalue weighted by Crippen LogP contribution is -2.28. The summed E-state index contributed by atoms with van der Waals surface area (Å²) < 4.78 is 5.48. The van der Waals surface area contributed by atoms with Gasteiger partial charge in [-0.05, 0) is 51.1 Å². The van der Waals surface area contributed by atoms with Gasteiger partial charge < -0.3 is 10.1 Å². The van der Waals surface area contributed by atoms with Crippen LogP contribution in [0, 0.1) is 5.92 Å². The molecule has 0 radical (unpaired) electrons. The van der Waals surface area contributed by atoms with Gasteiger partial charge in [0.05, 0.1) is 6.10 Å². The number of nitrogens with zero attached hydrogens (tertiary/aromatic N) is 3. The van der Waals surface area contributed by atoms with E-state index in [4.69, 9.17) is 16.3 Å². The molecule has 1 aliphatic rings. The van der Waals surface area contributed by atoms with Gasteiger partial charge in [-0.1, -0.05) is 19.3 Å². The maximum absolute atomic E-state index is 5.92. The molecule has 1 saturated carbocycles. The van der Waals surface area contributed by atoms with Gasteiger partial charge >= 0.3 is 6.01 Å². The number of ether oxygens (including phenoxy) is 1. The first-order chi connectivity index (χ1) is 9.54. The molecule has 1 fully saturated rings. The van der Waals surface area contributed by atoms with Gasteiger partial charge in [-0.2, -0.15) is 15.0 Å². The van der Waals surface area contributed by atoms with Crippen molar-refractivity contribution in [2.75, 3.05) is 5.32 Å². The smallest absolute Gasteiger partial charge is 0.322 e. The molecular weight excluding hydrogens is 276 g/mol. The van der Waals surface area contributed by atoms with Gasteiger partial charge in [-0.15, -0.1) is 0 Å². The van der Waals surface area contributed by atoms with Crippen LogP contribution in [0.25, 0.3) is 0 Å². The second kappa shape index (κ2) is 7.07. The molecule has 2 rings (SSSR count). The van der Waals surface area contributed by atoms with Crippen molar-refractivity contribution >= 4 is 17.5 Å². The van der Waals surface area contributed by atoms with E-state index in [1.807, 2.05) is 13.8 Å². The zero-order valence-electron chi connectivity index (χ0n) is 12.4. The highest BCUT2D eigenvalue weighted by molar-refractivity contribution is 6.28.